The largest absolute Gasteiger partial charge is 0.493 e. The molecular weight excluding hydrogens is 412 g/mol. The number of aliphatic hydroxyl groups excluding tert-OH is 1. The number of thiazole rings is 1. The minimum absolute atomic E-state index is 0.0818. The topological polar surface area (TPSA) is 71.9 Å². The summed E-state index contributed by atoms with van der Waals surface area (Å²) in [6.45, 7) is 1.30. The molecule has 0 unspecified atom stereocenters. The maximum Gasteiger partial charge on any atom is 0.226 e. The molecule has 31 heavy (non-hydrogen) atoms. The Balaban J connectivity index is 1.49. The Morgan fingerprint density at radius 3 is 2.58 bits per heavy atom. The van der Waals surface area contributed by atoms with Crippen molar-refractivity contribution in [3.05, 3.63) is 75.7 Å². The molecule has 0 radical (unpaired) electrons. The Bertz CT molecular complexity index is 1020. The SMILES string of the molecule is COc1ccc(CN(Cc2ccccc2)C(=O)C2CC2)cc1OCc1nc(CO)cs1. The molecular formula is C24H26N2O4S. The highest BCUT2D eigenvalue weighted by molar-refractivity contribution is 7.09. The van der Waals surface area contributed by atoms with Crippen LogP contribution in [0.1, 0.15) is 34.7 Å². The number of aliphatic hydroxyl groups is 1. The predicted molar refractivity (Wildman–Crippen MR) is 119 cm³/mol. The zero-order chi connectivity index (χ0) is 21.6. The van der Waals surface area contributed by atoms with Gasteiger partial charge in [-0.3, -0.25) is 4.79 Å². The summed E-state index contributed by atoms with van der Waals surface area (Å²) >= 11 is 1.45. The number of hydrogen-bond acceptors (Lipinski definition) is 6. The van der Waals surface area contributed by atoms with E-state index in [0.717, 1.165) is 29.0 Å². The molecule has 1 heterocycles. The second kappa shape index (κ2) is 9.94. The van der Waals surface area contributed by atoms with Crippen LogP contribution in [0.3, 0.4) is 0 Å². The molecule has 3 aromatic rings. The van der Waals surface area contributed by atoms with Crippen LogP contribution in [0.15, 0.2) is 53.9 Å². The molecule has 1 amide bonds. The second-order valence-electron chi connectivity index (χ2n) is 7.62. The molecule has 1 aromatic heterocycles. The number of benzene rings is 2. The molecule has 4 rings (SSSR count). The van der Waals surface area contributed by atoms with Crippen LogP contribution in [0.4, 0.5) is 0 Å². The minimum atomic E-state index is -0.0818. The fourth-order valence-electron chi connectivity index (χ4n) is 3.38. The van der Waals surface area contributed by atoms with Gasteiger partial charge in [-0.2, -0.15) is 0 Å². The van der Waals surface area contributed by atoms with Gasteiger partial charge in [0.15, 0.2) is 11.5 Å². The molecule has 1 aliphatic carbocycles. The van der Waals surface area contributed by atoms with Crippen LogP contribution >= 0.6 is 11.3 Å². The second-order valence-corrected chi connectivity index (χ2v) is 8.56. The van der Waals surface area contributed by atoms with Crippen LogP contribution in [0.5, 0.6) is 11.5 Å². The number of aromatic nitrogens is 1. The Labute approximate surface area is 186 Å². The highest BCUT2D eigenvalue weighted by Crippen LogP contribution is 2.33. The number of carbonyl (C=O) groups is 1. The van der Waals surface area contributed by atoms with Crippen LogP contribution in [0.2, 0.25) is 0 Å². The molecule has 6 nitrogen and oxygen atoms in total. The van der Waals surface area contributed by atoms with E-state index in [0.29, 0.717) is 36.9 Å². The smallest absolute Gasteiger partial charge is 0.226 e. The first-order valence-electron chi connectivity index (χ1n) is 10.3. The van der Waals surface area contributed by atoms with Crippen molar-refractivity contribution < 1.29 is 19.4 Å². The van der Waals surface area contributed by atoms with Crippen molar-refractivity contribution in [2.45, 2.75) is 39.1 Å². The van der Waals surface area contributed by atoms with Crippen molar-refractivity contribution in [1.82, 2.24) is 9.88 Å². The molecule has 1 saturated carbocycles. The summed E-state index contributed by atoms with van der Waals surface area (Å²) in [6.07, 6.45) is 1.95. The lowest BCUT2D eigenvalue weighted by molar-refractivity contribution is -0.133. The first-order valence-corrected chi connectivity index (χ1v) is 11.2. The van der Waals surface area contributed by atoms with E-state index in [4.69, 9.17) is 9.47 Å². The zero-order valence-electron chi connectivity index (χ0n) is 17.5. The van der Waals surface area contributed by atoms with Crippen molar-refractivity contribution in [3.63, 3.8) is 0 Å². The number of hydrogen-bond donors (Lipinski definition) is 1. The van der Waals surface area contributed by atoms with Crippen LogP contribution < -0.4 is 9.47 Å². The van der Waals surface area contributed by atoms with Gasteiger partial charge in [-0.05, 0) is 36.1 Å². The van der Waals surface area contributed by atoms with Crippen molar-refractivity contribution >= 4 is 17.2 Å². The molecule has 1 fully saturated rings. The van der Waals surface area contributed by atoms with Gasteiger partial charge >= 0.3 is 0 Å². The van der Waals surface area contributed by atoms with Crippen molar-refractivity contribution in [2.75, 3.05) is 7.11 Å². The number of rotatable bonds is 10. The predicted octanol–water partition coefficient (Wildman–Crippen LogP) is 4.16. The van der Waals surface area contributed by atoms with Crippen LogP contribution in [-0.4, -0.2) is 28.0 Å². The highest BCUT2D eigenvalue weighted by atomic mass is 32.1. The van der Waals surface area contributed by atoms with Gasteiger partial charge in [0.2, 0.25) is 5.91 Å². The molecule has 0 bridgehead atoms. The molecule has 162 valence electrons. The third kappa shape index (κ3) is 5.62. The minimum Gasteiger partial charge on any atom is -0.493 e. The fourth-order valence-corrected chi connectivity index (χ4v) is 4.08. The lowest BCUT2D eigenvalue weighted by atomic mass is 10.1. The van der Waals surface area contributed by atoms with E-state index >= 15 is 0 Å². The van der Waals surface area contributed by atoms with Gasteiger partial charge in [-0.1, -0.05) is 36.4 Å². The van der Waals surface area contributed by atoms with Gasteiger partial charge in [0, 0.05) is 24.4 Å². The van der Waals surface area contributed by atoms with Crippen LogP contribution in [0.25, 0.3) is 0 Å². The summed E-state index contributed by atoms with van der Waals surface area (Å²) in [5, 5.41) is 11.8. The van der Waals surface area contributed by atoms with Gasteiger partial charge in [0.1, 0.15) is 11.6 Å². The molecule has 0 saturated heterocycles. The Morgan fingerprint density at radius 1 is 1.13 bits per heavy atom. The third-order valence-corrected chi connectivity index (χ3v) is 6.04. The lowest BCUT2D eigenvalue weighted by Crippen LogP contribution is -2.31. The van der Waals surface area contributed by atoms with E-state index in [9.17, 15) is 9.90 Å². The van der Waals surface area contributed by atoms with Gasteiger partial charge < -0.3 is 19.5 Å². The van der Waals surface area contributed by atoms with E-state index in [2.05, 4.69) is 4.98 Å². The summed E-state index contributed by atoms with van der Waals surface area (Å²) in [4.78, 5) is 19.1. The quantitative estimate of drug-likeness (QED) is 0.515. The van der Waals surface area contributed by atoms with Gasteiger partial charge in [0.05, 0.1) is 19.4 Å². The van der Waals surface area contributed by atoms with Crippen molar-refractivity contribution in [2.24, 2.45) is 5.92 Å². The highest BCUT2D eigenvalue weighted by Gasteiger charge is 2.33. The van der Waals surface area contributed by atoms with Gasteiger partial charge in [-0.15, -0.1) is 11.3 Å². The van der Waals surface area contributed by atoms with E-state index in [1.165, 1.54) is 11.3 Å². The number of carbonyl (C=O) groups excluding carboxylic acids is 1. The molecule has 1 aliphatic rings. The average molecular weight is 439 g/mol. The third-order valence-electron chi connectivity index (χ3n) is 5.17. The first-order chi connectivity index (χ1) is 15.2. The molecule has 0 atom stereocenters. The maximum atomic E-state index is 12.9. The molecule has 0 spiro atoms. The van der Waals surface area contributed by atoms with Crippen molar-refractivity contribution in [3.8, 4) is 11.5 Å². The molecule has 0 aliphatic heterocycles. The van der Waals surface area contributed by atoms with Crippen LogP contribution in [-0.2, 0) is 31.1 Å². The van der Waals surface area contributed by atoms with E-state index < -0.39 is 0 Å². The number of amides is 1. The summed E-state index contributed by atoms with van der Waals surface area (Å²) < 4.78 is 11.4. The standard InChI is InChI=1S/C24H26N2O4S/c1-29-21-10-7-18(11-22(21)30-15-23-25-20(14-27)16-31-23)13-26(24(28)19-8-9-19)12-17-5-3-2-4-6-17/h2-7,10-11,16,19,27H,8-9,12-15H2,1H3. The normalized spacial score (nSPS) is 13.1. The van der Waals surface area contributed by atoms with Gasteiger partial charge in [-0.25, -0.2) is 4.98 Å². The Hall–Kier alpha value is -2.90. The van der Waals surface area contributed by atoms with Gasteiger partial charge in [0.25, 0.3) is 0 Å². The van der Waals surface area contributed by atoms with Crippen molar-refractivity contribution in [1.29, 1.82) is 0 Å². The monoisotopic (exact) mass is 438 g/mol. The Kier molecular flexibility index (Phi) is 6.84. The maximum absolute atomic E-state index is 12.9. The fraction of sp³-hybridized carbons (Fsp3) is 0.333. The molecule has 7 heteroatoms. The zero-order valence-corrected chi connectivity index (χ0v) is 18.3. The van der Waals surface area contributed by atoms with E-state index in [-0.39, 0.29) is 18.4 Å². The van der Waals surface area contributed by atoms with E-state index in [1.54, 1.807) is 7.11 Å². The summed E-state index contributed by atoms with van der Waals surface area (Å²) in [5.74, 6) is 1.61. The first kappa shape index (κ1) is 21.3. The average Bonchev–Trinajstić information content (AvgIpc) is 3.55. The number of methoxy groups -OCH3 is 1. The summed E-state index contributed by atoms with van der Waals surface area (Å²) in [5.41, 5.74) is 2.74. The van der Waals surface area contributed by atoms with Crippen LogP contribution in [0, 0.1) is 5.92 Å². The molecule has 1 N–H and O–H groups in total. The number of nitrogens with zero attached hydrogens (tertiary/aromatic N) is 2. The summed E-state index contributed by atoms with van der Waals surface area (Å²) in [7, 11) is 1.60. The molecule has 2 aromatic carbocycles. The summed E-state index contributed by atoms with van der Waals surface area (Å²) in [6, 6.07) is 15.8. The number of ether oxygens (including phenoxy) is 2. The van der Waals surface area contributed by atoms with E-state index in [1.807, 2.05) is 58.8 Å². The Morgan fingerprint density at radius 2 is 1.90 bits per heavy atom. The lowest BCUT2D eigenvalue weighted by Gasteiger charge is -2.24.